The minimum atomic E-state index is -0.547. The minimum absolute atomic E-state index is 0.0124. The second kappa shape index (κ2) is 10.1. The Morgan fingerprint density at radius 2 is 1.27 bits per heavy atom. The van der Waals surface area contributed by atoms with Crippen LogP contribution >= 0.6 is 15.9 Å². The summed E-state index contributed by atoms with van der Waals surface area (Å²) in [6.07, 6.45) is 0. The summed E-state index contributed by atoms with van der Waals surface area (Å²) in [5, 5.41) is 0. The maximum atomic E-state index is 11.4. The Balaban J connectivity index is 0.000000300. The summed E-state index contributed by atoms with van der Waals surface area (Å²) in [4.78, 5) is 31.0. The number of carbonyl (C=O) groups excluding carboxylic acids is 2. The molecule has 0 saturated heterocycles. The van der Waals surface area contributed by atoms with Gasteiger partial charge in [0.1, 0.15) is 0 Å². The molecule has 0 fully saturated rings. The zero-order valence-electron chi connectivity index (χ0n) is 18.7. The Labute approximate surface area is 184 Å². The molecule has 0 radical (unpaired) electrons. The van der Waals surface area contributed by atoms with Crippen LogP contribution in [0.5, 0.6) is 0 Å². The van der Waals surface area contributed by atoms with Gasteiger partial charge >= 0.3 is 11.9 Å². The molecule has 0 amide bonds. The largest absolute Gasteiger partial charge is 0.461 e. The van der Waals surface area contributed by atoms with Crippen LogP contribution in [0.1, 0.15) is 88.1 Å². The van der Waals surface area contributed by atoms with E-state index in [1.54, 1.807) is 13.8 Å². The molecule has 0 aliphatic carbocycles. The molecule has 0 atom stereocenters. The average molecular weight is 488 g/mol. The van der Waals surface area contributed by atoms with Gasteiger partial charge in [0.15, 0.2) is 0 Å². The fraction of sp³-hybridized carbons (Fsp3) is 0.600. The lowest BCUT2D eigenvalue weighted by Crippen LogP contribution is -2.13. The number of hydrogen-bond acceptors (Lipinski definition) is 9. The van der Waals surface area contributed by atoms with Crippen LogP contribution in [0.3, 0.4) is 0 Å². The first-order chi connectivity index (χ1) is 13.7. The number of halogens is 1. The average Bonchev–Trinajstić information content (AvgIpc) is 3.18. The van der Waals surface area contributed by atoms with E-state index in [-0.39, 0.29) is 34.7 Å². The molecule has 0 bridgehead atoms. The Morgan fingerprint density at radius 1 is 0.867 bits per heavy atom. The van der Waals surface area contributed by atoms with E-state index in [1.165, 1.54) is 0 Å². The third kappa shape index (κ3) is 6.86. The predicted octanol–water partition coefficient (Wildman–Crippen LogP) is 4.64. The quantitative estimate of drug-likeness (QED) is 0.612. The van der Waals surface area contributed by atoms with Gasteiger partial charge in [-0.15, -0.1) is 0 Å². The van der Waals surface area contributed by atoms with E-state index in [0.29, 0.717) is 23.1 Å². The molecule has 0 unspecified atom stereocenters. The number of carbonyl (C=O) groups is 2. The molecule has 30 heavy (non-hydrogen) atoms. The summed E-state index contributed by atoms with van der Waals surface area (Å²) < 4.78 is 20.5. The molecule has 0 saturated carbocycles. The highest BCUT2D eigenvalue weighted by molar-refractivity contribution is 9.10. The molecule has 0 aliphatic rings. The predicted molar refractivity (Wildman–Crippen MR) is 114 cm³/mol. The van der Waals surface area contributed by atoms with Crippen molar-refractivity contribution < 1.29 is 27.9 Å². The summed E-state index contributed by atoms with van der Waals surface area (Å²) in [6, 6.07) is 0. The molecule has 9 nitrogen and oxygen atoms in total. The Bertz CT molecular complexity index is 802. The number of oxazole rings is 2. The first-order valence-electron chi connectivity index (χ1n) is 9.50. The van der Waals surface area contributed by atoms with E-state index >= 15 is 0 Å². The lowest BCUT2D eigenvalue weighted by atomic mass is 9.97. The Morgan fingerprint density at radius 3 is 1.63 bits per heavy atom. The second-order valence-electron chi connectivity index (χ2n) is 8.31. The molecule has 168 valence electrons. The van der Waals surface area contributed by atoms with Gasteiger partial charge in [-0.05, 0) is 29.8 Å². The summed E-state index contributed by atoms with van der Waals surface area (Å²) in [5.41, 5.74) is 5.28. The fourth-order valence-corrected chi connectivity index (χ4v) is 2.35. The van der Waals surface area contributed by atoms with Gasteiger partial charge in [-0.25, -0.2) is 19.6 Å². The van der Waals surface area contributed by atoms with Crippen molar-refractivity contribution in [3.8, 4) is 0 Å². The van der Waals surface area contributed by atoms with E-state index in [2.05, 4.69) is 25.9 Å². The molecular weight excluding hydrogens is 458 g/mol. The number of esters is 2. The summed E-state index contributed by atoms with van der Waals surface area (Å²) >= 11 is 3.15. The van der Waals surface area contributed by atoms with E-state index in [4.69, 9.17) is 24.0 Å². The van der Waals surface area contributed by atoms with Crippen LogP contribution in [0, 0.1) is 0 Å². The topological polar surface area (TPSA) is 131 Å². The van der Waals surface area contributed by atoms with Gasteiger partial charge in [-0.2, -0.15) is 0 Å². The molecule has 2 aromatic rings. The van der Waals surface area contributed by atoms with Gasteiger partial charge in [0.2, 0.25) is 33.7 Å². The third-order valence-electron chi connectivity index (χ3n) is 3.46. The van der Waals surface area contributed by atoms with Crippen molar-refractivity contribution in [1.82, 2.24) is 9.97 Å². The summed E-state index contributed by atoms with van der Waals surface area (Å²) in [5.74, 6) is -0.0586. The van der Waals surface area contributed by atoms with E-state index in [0.717, 1.165) is 0 Å². The van der Waals surface area contributed by atoms with Crippen LogP contribution < -0.4 is 5.73 Å². The summed E-state index contributed by atoms with van der Waals surface area (Å²) in [6.45, 7) is 15.7. The number of aromatic nitrogens is 2. The van der Waals surface area contributed by atoms with Gasteiger partial charge < -0.3 is 24.0 Å². The third-order valence-corrected chi connectivity index (χ3v) is 4.00. The van der Waals surface area contributed by atoms with Crippen LogP contribution in [0.4, 0.5) is 5.88 Å². The van der Waals surface area contributed by atoms with Gasteiger partial charge in [-0.1, -0.05) is 41.5 Å². The number of nitrogens with two attached hydrogens (primary N) is 1. The molecule has 2 heterocycles. The summed E-state index contributed by atoms with van der Waals surface area (Å²) in [7, 11) is 0. The molecule has 0 spiro atoms. The highest BCUT2D eigenvalue weighted by atomic mass is 79.9. The molecule has 2 aromatic heterocycles. The van der Waals surface area contributed by atoms with Crippen molar-refractivity contribution >= 4 is 33.8 Å². The van der Waals surface area contributed by atoms with Crippen molar-refractivity contribution in [2.24, 2.45) is 0 Å². The normalized spacial score (nSPS) is 11.5. The smallest absolute Gasteiger partial charge is 0.362 e. The standard InChI is InChI=1S/C10H14BrNO3.C10H16N2O3/c2*1-5-14-8(13)6-7(11)15-9(12-6)10(2,3)4/h5H2,1-4H3;5,11H2,1-4H3. The molecular formula is C20H30BrN3O6. The lowest BCUT2D eigenvalue weighted by Gasteiger charge is -2.11. The molecule has 10 heteroatoms. The lowest BCUT2D eigenvalue weighted by molar-refractivity contribution is 0.0509. The van der Waals surface area contributed by atoms with Crippen molar-refractivity contribution in [2.75, 3.05) is 18.9 Å². The zero-order chi connectivity index (χ0) is 23.3. The van der Waals surface area contributed by atoms with E-state index in [9.17, 15) is 9.59 Å². The molecule has 2 N–H and O–H groups in total. The van der Waals surface area contributed by atoms with E-state index < -0.39 is 11.9 Å². The second-order valence-corrected chi connectivity index (χ2v) is 9.03. The van der Waals surface area contributed by atoms with Crippen LogP contribution in [0.15, 0.2) is 13.5 Å². The van der Waals surface area contributed by atoms with Crippen LogP contribution in [-0.4, -0.2) is 35.1 Å². The number of hydrogen-bond donors (Lipinski definition) is 1. The molecule has 0 aromatic carbocycles. The van der Waals surface area contributed by atoms with Gasteiger partial charge in [0.05, 0.1) is 13.2 Å². The zero-order valence-corrected chi connectivity index (χ0v) is 20.3. The van der Waals surface area contributed by atoms with Crippen molar-refractivity contribution in [3.05, 3.63) is 27.8 Å². The van der Waals surface area contributed by atoms with Gasteiger partial charge in [-0.3, -0.25) is 0 Å². The number of nitrogen functional groups attached to an aromatic ring is 1. The van der Waals surface area contributed by atoms with Gasteiger partial charge in [0, 0.05) is 10.8 Å². The monoisotopic (exact) mass is 487 g/mol. The van der Waals surface area contributed by atoms with Crippen LogP contribution in [0.2, 0.25) is 0 Å². The first kappa shape index (κ1) is 25.7. The van der Waals surface area contributed by atoms with Gasteiger partial charge in [0.25, 0.3) is 0 Å². The number of nitrogens with zero attached hydrogens (tertiary/aromatic N) is 2. The van der Waals surface area contributed by atoms with Crippen LogP contribution in [-0.2, 0) is 20.3 Å². The number of anilines is 1. The SMILES string of the molecule is CCOC(=O)c1nc(C(C)(C)C)oc1Br.CCOC(=O)c1nc(C(C)(C)C)oc1N. The van der Waals surface area contributed by atoms with Crippen molar-refractivity contribution in [1.29, 1.82) is 0 Å². The highest BCUT2D eigenvalue weighted by Gasteiger charge is 2.27. The maximum absolute atomic E-state index is 11.4. The number of rotatable bonds is 4. The van der Waals surface area contributed by atoms with Crippen molar-refractivity contribution in [3.63, 3.8) is 0 Å². The number of ether oxygens (including phenoxy) is 2. The first-order valence-corrected chi connectivity index (χ1v) is 10.3. The fourth-order valence-electron chi connectivity index (χ4n) is 1.95. The maximum Gasteiger partial charge on any atom is 0.362 e. The van der Waals surface area contributed by atoms with E-state index in [1.807, 2.05) is 41.5 Å². The molecule has 0 aliphatic heterocycles. The van der Waals surface area contributed by atoms with Crippen LogP contribution in [0.25, 0.3) is 0 Å². The molecule has 2 rings (SSSR count). The Hall–Kier alpha value is -2.36. The van der Waals surface area contributed by atoms with Crippen molar-refractivity contribution in [2.45, 2.75) is 66.2 Å². The highest BCUT2D eigenvalue weighted by Crippen LogP contribution is 2.27. The Kier molecular flexibility index (Phi) is 8.64. The minimum Gasteiger partial charge on any atom is -0.461 e.